The maximum absolute atomic E-state index is 10.9. The van der Waals surface area contributed by atoms with Crippen LogP contribution in [0.2, 0.25) is 5.02 Å². The average molecular weight is 267 g/mol. The molecule has 6 heteroatoms. The molecule has 2 N–H and O–H groups in total. The van der Waals surface area contributed by atoms with E-state index in [0.29, 0.717) is 22.1 Å². The largest absolute Gasteiger partial charge is 0.493 e. The van der Waals surface area contributed by atoms with Crippen LogP contribution in [0.25, 0.3) is 6.08 Å². The molecule has 0 saturated carbocycles. The second-order valence-corrected chi connectivity index (χ2v) is 3.68. The number of primary amides is 1. The first kappa shape index (κ1) is 13.9. The Kier molecular flexibility index (Phi) is 4.58. The molecule has 0 aliphatic carbocycles. The normalized spacial score (nSPS) is 10.7. The van der Waals surface area contributed by atoms with Crippen molar-refractivity contribution in [2.24, 2.45) is 5.73 Å². The van der Waals surface area contributed by atoms with Crippen molar-refractivity contribution in [3.8, 4) is 17.6 Å². The first-order valence-corrected chi connectivity index (χ1v) is 5.24. The van der Waals surface area contributed by atoms with Crippen molar-refractivity contribution in [1.82, 2.24) is 0 Å². The summed E-state index contributed by atoms with van der Waals surface area (Å²) in [7, 11) is 2.92. The van der Waals surface area contributed by atoms with Gasteiger partial charge in [0.1, 0.15) is 11.6 Å². The number of carbonyl (C=O) groups is 1. The molecule has 94 valence electrons. The van der Waals surface area contributed by atoms with Crippen LogP contribution in [0, 0.1) is 11.3 Å². The van der Waals surface area contributed by atoms with E-state index in [0.717, 1.165) is 0 Å². The van der Waals surface area contributed by atoms with E-state index in [-0.39, 0.29) is 5.57 Å². The molecule has 0 aliphatic heterocycles. The summed E-state index contributed by atoms with van der Waals surface area (Å²) in [6, 6.07) is 4.84. The van der Waals surface area contributed by atoms with Gasteiger partial charge in [-0.15, -0.1) is 0 Å². The Bertz CT molecular complexity index is 547. The summed E-state index contributed by atoms with van der Waals surface area (Å²) in [4.78, 5) is 10.9. The number of rotatable bonds is 4. The standard InChI is InChI=1S/C12H11ClN2O3/c1-17-10-5-7(3-8(6-14)12(15)16)4-9(13)11(10)18-2/h3-5H,1-2H3,(H2,15,16)/b8-3-. The molecule has 0 spiro atoms. The third-order valence-electron chi connectivity index (χ3n) is 2.15. The average Bonchev–Trinajstić information content (AvgIpc) is 2.34. The van der Waals surface area contributed by atoms with E-state index in [1.54, 1.807) is 18.2 Å². The van der Waals surface area contributed by atoms with E-state index in [2.05, 4.69) is 0 Å². The van der Waals surface area contributed by atoms with E-state index in [9.17, 15) is 4.79 Å². The topological polar surface area (TPSA) is 85.3 Å². The van der Waals surface area contributed by atoms with Gasteiger partial charge in [-0.1, -0.05) is 11.6 Å². The van der Waals surface area contributed by atoms with Crippen molar-refractivity contribution in [1.29, 1.82) is 5.26 Å². The van der Waals surface area contributed by atoms with E-state index < -0.39 is 5.91 Å². The van der Waals surface area contributed by atoms with Gasteiger partial charge in [0.2, 0.25) is 0 Å². The minimum atomic E-state index is -0.802. The molecule has 0 radical (unpaired) electrons. The fraction of sp³-hybridized carbons (Fsp3) is 0.167. The number of nitriles is 1. The Labute approximate surface area is 109 Å². The number of ether oxygens (including phenoxy) is 2. The van der Waals surface area contributed by atoms with E-state index in [4.69, 9.17) is 32.1 Å². The number of nitrogens with zero attached hydrogens (tertiary/aromatic N) is 1. The summed E-state index contributed by atoms with van der Waals surface area (Å²) in [6.45, 7) is 0. The van der Waals surface area contributed by atoms with Crippen LogP contribution in [0.15, 0.2) is 17.7 Å². The first-order chi connectivity index (χ1) is 8.53. The highest BCUT2D eigenvalue weighted by atomic mass is 35.5. The Hall–Kier alpha value is -2.19. The molecular weight excluding hydrogens is 256 g/mol. The quantitative estimate of drug-likeness (QED) is 0.664. The highest BCUT2D eigenvalue weighted by Crippen LogP contribution is 2.36. The molecule has 0 aliphatic rings. The highest BCUT2D eigenvalue weighted by Gasteiger charge is 2.11. The van der Waals surface area contributed by atoms with Crippen molar-refractivity contribution in [3.63, 3.8) is 0 Å². The molecule has 0 heterocycles. The zero-order chi connectivity index (χ0) is 13.7. The third-order valence-corrected chi connectivity index (χ3v) is 2.43. The molecule has 1 aromatic carbocycles. The van der Waals surface area contributed by atoms with Crippen LogP contribution in [-0.2, 0) is 4.79 Å². The van der Waals surface area contributed by atoms with Gasteiger partial charge in [0.05, 0.1) is 19.2 Å². The predicted molar refractivity (Wildman–Crippen MR) is 67.3 cm³/mol. The van der Waals surface area contributed by atoms with Crippen molar-refractivity contribution < 1.29 is 14.3 Å². The first-order valence-electron chi connectivity index (χ1n) is 4.86. The molecule has 0 fully saturated rings. The van der Waals surface area contributed by atoms with Crippen LogP contribution >= 0.6 is 11.6 Å². The van der Waals surface area contributed by atoms with Gasteiger partial charge in [-0.2, -0.15) is 5.26 Å². The van der Waals surface area contributed by atoms with E-state index in [1.807, 2.05) is 0 Å². The number of hydrogen-bond acceptors (Lipinski definition) is 4. The summed E-state index contributed by atoms with van der Waals surface area (Å²) < 4.78 is 10.2. The molecule has 0 atom stereocenters. The Morgan fingerprint density at radius 1 is 1.44 bits per heavy atom. The van der Waals surface area contributed by atoms with Gasteiger partial charge in [0, 0.05) is 0 Å². The lowest BCUT2D eigenvalue weighted by atomic mass is 10.1. The molecule has 0 aromatic heterocycles. The molecule has 1 amide bonds. The van der Waals surface area contributed by atoms with Crippen LogP contribution in [0.5, 0.6) is 11.5 Å². The van der Waals surface area contributed by atoms with Crippen LogP contribution in [-0.4, -0.2) is 20.1 Å². The van der Waals surface area contributed by atoms with Crippen LogP contribution < -0.4 is 15.2 Å². The highest BCUT2D eigenvalue weighted by molar-refractivity contribution is 6.32. The van der Waals surface area contributed by atoms with Gasteiger partial charge in [-0.05, 0) is 23.8 Å². The van der Waals surface area contributed by atoms with Gasteiger partial charge in [0.15, 0.2) is 11.5 Å². The molecule has 0 bridgehead atoms. The summed E-state index contributed by atoms with van der Waals surface area (Å²) in [5.74, 6) is -0.0182. The van der Waals surface area contributed by atoms with Crippen molar-refractivity contribution >= 4 is 23.6 Å². The van der Waals surface area contributed by atoms with Gasteiger partial charge >= 0.3 is 0 Å². The number of nitrogens with two attached hydrogens (primary N) is 1. The van der Waals surface area contributed by atoms with Gasteiger partial charge in [-0.3, -0.25) is 4.79 Å². The molecule has 0 unspecified atom stereocenters. The summed E-state index contributed by atoms with van der Waals surface area (Å²) in [6.07, 6.45) is 1.33. The Morgan fingerprint density at radius 3 is 2.56 bits per heavy atom. The van der Waals surface area contributed by atoms with E-state index in [1.165, 1.54) is 20.3 Å². The van der Waals surface area contributed by atoms with Gasteiger partial charge < -0.3 is 15.2 Å². The number of methoxy groups -OCH3 is 2. The molecule has 5 nitrogen and oxygen atoms in total. The number of benzene rings is 1. The second kappa shape index (κ2) is 5.94. The number of hydrogen-bond donors (Lipinski definition) is 1. The smallest absolute Gasteiger partial charge is 0.259 e. The molecule has 1 aromatic rings. The van der Waals surface area contributed by atoms with E-state index >= 15 is 0 Å². The van der Waals surface area contributed by atoms with Crippen molar-refractivity contribution in [2.75, 3.05) is 14.2 Å². The van der Waals surface area contributed by atoms with Gasteiger partial charge in [-0.25, -0.2) is 0 Å². The van der Waals surface area contributed by atoms with Gasteiger partial charge in [0.25, 0.3) is 5.91 Å². The third kappa shape index (κ3) is 2.93. The fourth-order valence-corrected chi connectivity index (χ4v) is 1.64. The molecule has 18 heavy (non-hydrogen) atoms. The summed E-state index contributed by atoms with van der Waals surface area (Å²) >= 11 is 5.99. The predicted octanol–water partition coefficient (Wildman–Crippen LogP) is 1.75. The van der Waals surface area contributed by atoms with Crippen LogP contribution in [0.1, 0.15) is 5.56 Å². The second-order valence-electron chi connectivity index (χ2n) is 3.27. The summed E-state index contributed by atoms with van der Waals surface area (Å²) in [5, 5.41) is 9.06. The van der Waals surface area contributed by atoms with Crippen LogP contribution in [0.4, 0.5) is 0 Å². The van der Waals surface area contributed by atoms with Crippen LogP contribution in [0.3, 0.4) is 0 Å². The maximum Gasteiger partial charge on any atom is 0.259 e. The Balaban J connectivity index is 3.33. The number of halogens is 1. The number of carbonyl (C=O) groups excluding carboxylic acids is 1. The zero-order valence-corrected chi connectivity index (χ0v) is 10.6. The lowest BCUT2D eigenvalue weighted by Gasteiger charge is -2.10. The minimum absolute atomic E-state index is 0.168. The number of amides is 1. The van der Waals surface area contributed by atoms with Crippen molar-refractivity contribution in [2.45, 2.75) is 0 Å². The fourth-order valence-electron chi connectivity index (χ4n) is 1.35. The summed E-state index contributed by atoms with van der Waals surface area (Å²) in [5.41, 5.74) is 5.39. The lowest BCUT2D eigenvalue weighted by Crippen LogP contribution is -2.12. The molecule has 1 rings (SSSR count). The SMILES string of the molecule is COc1cc(/C=C(/C#N)C(N)=O)cc(Cl)c1OC. The molecular formula is C12H11ClN2O3. The minimum Gasteiger partial charge on any atom is -0.493 e. The molecule has 0 saturated heterocycles. The maximum atomic E-state index is 10.9. The Morgan fingerprint density at radius 2 is 2.11 bits per heavy atom. The zero-order valence-electron chi connectivity index (χ0n) is 9.86. The lowest BCUT2D eigenvalue weighted by molar-refractivity contribution is -0.114. The van der Waals surface area contributed by atoms with Crippen molar-refractivity contribution in [3.05, 3.63) is 28.3 Å². The monoisotopic (exact) mass is 266 g/mol.